The van der Waals surface area contributed by atoms with Crippen LogP contribution in [0.1, 0.15) is 20.3 Å². The van der Waals surface area contributed by atoms with Crippen LogP contribution in [0.4, 0.5) is 0 Å². The van der Waals surface area contributed by atoms with Crippen molar-refractivity contribution in [2.75, 3.05) is 13.1 Å². The monoisotopic (exact) mass is 214 g/mol. The van der Waals surface area contributed by atoms with Gasteiger partial charge in [0.05, 0.1) is 12.5 Å². The third kappa shape index (κ3) is 2.68. The summed E-state index contributed by atoms with van der Waals surface area (Å²) in [5.74, 6) is -1.33. The Morgan fingerprint density at radius 3 is 2.53 bits per heavy atom. The van der Waals surface area contributed by atoms with Crippen molar-refractivity contribution in [1.82, 2.24) is 4.90 Å². The Balaban J connectivity index is 2.75. The Hall–Kier alpha value is -1.10. The molecule has 5 heteroatoms. The van der Waals surface area contributed by atoms with Crippen LogP contribution < -0.4 is 5.73 Å². The lowest BCUT2D eigenvalue weighted by Gasteiger charge is -2.28. The van der Waals surface area contributed by atoms with Crippen molar-refractivity contribution >= 4 is 11.9 Å². The first-order valence-corrected chi connectivity index (χ1v) is 5.18. The molecule has 5 nitrogen and oxygen atoms in total. The normalized spacial score (nSPS) is 27.1. The number of aliphatic carboxylic acids is 1. The van der Waals surface area contributed by atoms with Crippen molar-refractivity contribution in [3.05, 3.63) is 0 Å². The summed E-state index contributed by atoms with van der Waals surface area (Å²) < 4.78 is 0. The smallest absolute Gasteiger partial charge is 0.308 e. The number of hydrogen-bond acceptors (Lipinski definition) is 3. The van der Waals surface area contributed by atoms with Crippen LogP contribution in [0.2, 0.25) is 0 Å². The highest BCUT2D eigenvalue weighted by Gasteiger charge is 2.40. The van der Waals surface area contributed by atoms with E-state index in [9.17, 15) is 9.59 Å². The predicted molar refractivity (Wildman–Crippen MR) is 55.1 cm³/mol. The first-order valence-electron chi connectivity index (χ1n) is 5.18. The summed E-state index contributed by atoms with van der Waals surface area (Å²) in [4.78, 5) is 23.7. The molecule has 0 radical (unpaired) electrons. The Kier molecular flexibility index (Phi) is 3.68. The van der Waals surface area contributed by atoms with E-state index in [2.05, 4.69) is 0 Å². The number of carboxylic acids is 1. The van der Waals surface area contributed by atoms with Gasteiger partial charge in [0.1, 0.15) is 0 Å². The standard InChI is InChI=1S/C10H18N2O3/c1-6(2)9-7(10(14)15)3-4-12(9)5-8(11)13/h6-7,9H,3-5H2,1-2H3,(H2,11,13)(H,14,15)/t7-,9+/m0/s1. The average molecular weight is 214 g/mol. The molecule has 0 aromatic carbocycles. The van der Waals surface area contributed by atoms with Crippen LogP contribution in [-0.4, -0.2) is 41.0 Å². The number of rotatable bonds is 4. The summed E-state index contributed by atoms with van der Waals surface area (Å²) in [6, 6.07) is -0.0741. The number of carboxylic acid groups (broad SMARTS) is 1. The SMILES string of the molecule is CC(C)[C@@H]1[C@@H](C(=O)O)CCN1CC(N)=O. The van der Waals surface area contributed by atoms with Crippen molar-refractivity contribution in [2.24, 2.45) is 17.6 Å². The molecule has 0 aliphatic carbocycles. The number of primary amides is 1. The summed E-state index contributed by atoms with van der Waals surface area (Å²) in [6.45, 7) is 4.75. The highest BCUT2D eigenvalue weighted by Crippen LogP contribution is 2.29. The van der Waals surface area contributed by atoms with Gasteiger partial charge >= 0.3 is 5.97 Å². The van der Waals surface area contributed by atoms with Gasteiger partial charge in [0.2, 0.25) is 5.91 Å². The van der Waals surface area contributed by atoms with Gasteiger partial charge in [0.15, 0.2) is 0 Å². The largest absolute Gasteiger partial charge is 0.481 e. The van der Waals surface area contributed by atoms with Gasteiger partial charge in [-0.1, -0.05) is 13.8 Å². The van der Waals surface area contributed by atoms with Crippen LogP contribution >= 0.6 is 0 Å². The van der Waals surface area contributed by atoms with Crippen molar-refractivity contribution in [1.29, 1.82) is 0 Å². The van der Waals surface area contributed by atoms with Crippen LogP contribution in [0.15, 0.2) is 0 Å². The van der Waals surface area contributed by atoms with Crippen molar-refractivity contribution in [2.45, 2.75) is 26.3 Å². The zero-order chi connectivity index (χ0) is 11.6. The minimum Gasteiger partial charge on any atom is -0.481 e. The molecular weight excluding hydrogens is 196 g/mol. The molecular formula is C10H18N2O3. The summed E-state index contributed by atoms with van der Waals surface area (Å²) in [5, 5.41) is 9.04. The topological polar surface area (TPSA) is 83.6 Å². The number of likely N-dealkylation sites (tertiary alicyclic amines) is 1. The van der Waals surface area contributed by atoms with Gasteiger partial charge < -0.3 is 10.8 Å². The Labute approximate surface area is 89.2 Å². The maximum absolute atomic E-state index is 11.0. The number of amides is 1. The molecule has 1 aliphatic heterocycles. The Bertz CT molecular complexity index is 265. The van der Waals surface area contributed by atoms with E-state index in [1.54, 1.807) is 0 Å². The molecule has 3 N–H and O–H groups in total. The molecule has 0 bridgehead atoms. The summed E-state index contributed by atoms with van der Waals surface area (Å²) in [5.41, 5.74) is 5.13. The number of nitrogens with two attached hydrogens (primary N) is 1. The van der Waals surface area contributed by atoms with Gasteiger partial charge in [0.25, 0.3) is 0 Å². The molecule has 0 aromatic rings. The molecule has 0 spiro atoms. The second kappa shape index (κ2) is 4.61. The summed E-state index contributed by atoms with van der Waals surface area (Å²) >= 11 is 0. The second-order valence-electron chi connectivity index (χ2n) is 4.40. The van der Waals surface area contributed by atoms with E-state index in [1.165, 1.54) is 0 Å². The number of hydrogen-bond donors (Lipinski definition) is 2. The maximum atomic E-state index is 11.0. The fourth-order valence-electron chi connectivity index (χ4n) is 2.42. The molecule has 2 atom stereocenters. The van der Waals surface area contributed by atoms with E-state index in [1.807, 2.05) is 18.7 Å². The third-order valence-corrected chi connectivity index (χ3v) is 2.92. The molecule has 1 amide bonds. The van der Waals surface area contributed by atoms with E-state index < -0.39 is 11.9 Å². The number of nitrogens with zero attached hydrogens (tertiary/aromatic N) is 1. The van der Waals surface area contributed by atoms with Gasteiger partial charge in [-0.2, -0.15) is 0 Å². The fourth-order valence-corrected chi connectivity index (χ4v) is 2.42. The minimum absolute atomic E-state index is 0.0741. The van der Waals surface area contributed by atoms with E-state index in [-0.39, 0.29) is 24.4 Å². The molecule has 0 saturated carbocycles. The summed E-state index contributed by atoms with van der Waals surface area (Å²) in [7, 11) is 0. The van der Waals surface area contributed by atoms with Crippen molar-refractivity contribution in [3.8, 4) is 0 Å². The van der Waals surface area contributed by atoms with E-state index in [0.717, 1.165) is 0 Å². The van der Waals surface area contributed by atoms with Gasteiger partial charge in [-0.05, 0) is 18.9 Å². The predicted octanol–water partition coefficient (Wildman–Crippen LogP) is -0.0972. The molecule has 86 valence electrons. The lowest BCUT2D eigenvalue weighted by Crippen LogP contribution is -2.43. The molecule has 1 heterocycles. The Morgan fingerprint density at radius 1 is 1.53 bits per heavy atom. The molecule has 0 unspecified atom stereocenters. The lowest BCUT2D eigenvalue weighted by atomic mass is 9.91. The van der Waals surface area contributed by atoms with Crippen LogP contribution in [0, 0.1) is 11.8 Å². The first-order chi connectivity index (χ1) is 6.93. The molecule has 0 aromatic heterocycles. The highest BCUT2D eigenvalue weighted by atomic mass is 16.4. The molecule has 15 heavy (non-hydrogen) atoms. The molecule has 1 rings (SSSR count). The maximum Gasteiger partial charge on any atom is 0.308 e. The fraction of sp³-hybridized carbons (Fsp3) is 0.800. The van der Waals surface area contributed by atoms with E-state index >= 15 is 0 Å². The summed E-state index contributed by atoms with van der Waals surface area (Å²) in [6.07, 6.45) is 0.603. The number of carbonyl (C=O) groups is 2. The Morgan fingerprint density at radius 2 is 2.13 bits per heavy atom. The van der Waals surface area contributed by atoms with Gasteiger partial charge in [-0.3, -0.25) is 14.5 Å². The first kappa shape index (κ1) is 12.0. The van der Waals surface area contributed by atoms with Gasteiger partial charge in [0, 0.05) is 6.04 Å². The van der Waals surface area contributed by atoms with Crippen molar-refractivity contribution < 1.29 is 14.7 Å². The number of carbonyl (C=O) groups excluding carboxylic acids is 1. The molecule has 1 aliphatic rings. The second-order valence-corrected chi connectivity index (χ2v) is 4.40. The quantitative estimate of drug-likeness (QED) is 0.684. The zero-order valence-electron chi connectivity index (χ0n) is 9.14. The van der Waals surface area contributed by atoms with Gasteiger partial charge in [-0.25, -0.2) is 0 Å². The van der Waals surface area contributed by atoms with Crippen molar-refractivity contribution in [3.63, 3.8) is 0 Å². The lowest BCUT2D eigenvalue weighted by molar-refractivity contribution is -0.143. The average Bonchev–Trinajstić information content (AvgIpc) is 2.46. The van der Waals surface area contributed by atoms with Crippen LogP contribution in [-0.2, 0) is 9.59 Å². The highest BCUT2D eigenvalue weighted by molar-refractivity contribution is 5.76. The molecule has 1 fully saturated rings. The van der Waals surface area contributed by atoms with Crippen LogP contribution in [0.3, 0.4) is 0 Å². The minimum atomic E-state index is -0.777. The zero-order valence-corrected chi connectivity index (χ0v) is 9.14. The van der Waals surface area contributed by atoms with Crippen LogP contribution in [0.5, 0.6) is 0 Å². The van der Waals surface area contributed by atoms with Crippen LogP contribution in [0.25, 0.3) is 0 Å². The molecule has 1 saturated heterocycles. The third-order valence-electron chi connectivity index (χ3n) is 2.92. The van der Waals surface area contributed by atoms with Gasteiger partial charge in [-0.15, -0.1) is 0 Å². The van der Waals surface area contributed by atoms with E-state index in [0.29, 0.717) is 13.0 Å². The van der Waals surface area contributed by atoms with E-state index in [4.69, 9.17) is 10.8 Å².